The van der Waals surface area contributed by atoms with Gasteiger partial charge in [-0.05, 0) is 36.2 Å². The van der Waals surface area contributed by atoms with Gasteiger partial charge in [0.05, 0.1) is 5.56 Å². The SMILES string of the molecule is NN(C(=O)CCc1cccc(C(F)(F)F)c1)C(=O)c1ccc2ncoc2c1. The van der Waals surface area contributed by atoms with Gasteiger partial charge in [-0.1, -0.05) is 18.2 Å². The van der Waals surface area contributed by atoms with Crippen LogP contribution in [0.5, 0.6) is 0 Å². The third-order valence-electron chi connectivity index (χ3n) is 3.95. The molecule has 0 radical (unpaired) electrons. The summed E-state index contributed by atoms with van der Waals surface area (Å²) in [5, 5.41) is 0.450. The number of amides is 2. The predicted octanol–water partition coefficient (Wildman–Crippen LogP) is 3.32. The lowest BCUT2D eigenvalue weighted by Crippen LogP contribution is -2.42. The summed E-state index contributed by atoms with van der Waals surface area (Å²) in [4.78, 5) is 28.4. The van der Waals surface area contributed by atoms with E-state index in [0.717, 1.165) is 12.1 Å². The number of aromatic nitrogens is 1. The first-order valence-electron chi connectivity index (χ1n) is 7.87. The first-order valence-corrected chi connectivity index (χ1v) is 7.87. The van der Waals surface area contributed by atoms with Crippen LogP contribution in [0.3, 0.4) is 0 Å². The molecule has 2 aromatic carbocycles. The van der Waals surface area contributed by atoms with Gasteiger partial charge in [-0.3, -0.25) is 9.59 Å². The minimum absolute atomic E-state index is 0.0187. The van der Waals surface area contributed by atoms with Crippen molar-refractivity contribution < 1.29 is 27.2 Å². The molecule has 3 rings (SSSR count). The maximum atomic E-state index is 12.7. The van der Waals surface area contributed by atoms with Crippen LogP contribution in [-0.4, -0.2) is 21.8 Å². The van der Waals surface area contributed by atoms with E-state index in [1.165, 1.54) is 30.7 Å². The summed E-state index contributed by atoms with van der Waals surface area (Å²) < 4.78 is 43.3. The van der Waals surface area contributed by atoms with Gasteiger partial charge in [0, 0.05) is 12.0 Å². The maximum Gasteiger partial charge on any atom is 0.416 e. The molecule has 1 heterocycles. The Hall–Kier alpha value is -3.20. The van der Waals surface area contributed by atoms with Crippen molar-refractivity contribution in [3.8, 4) is 0 Å². The van der Waals surface area contributed by atoms with E-state index in [1.54, 1.807) is 6.07 Å². The molecule has 140 valence electrons. The first-order chi connectivity index (χ1) is 12.8. The number of carbonyl (C=O) groups excluding carboxylic acids is 2. The zero-order valence-electron chi connectivity index (χ0n) is 13.9. The van der Waals surface area contributed by atoms with E-state index in [-0.39, 0.29) is 18.4 Å². The zero-order valence-corrected chi connectivity index (χ0v) is 13.9. The van der Waals surface area contributed by atoms with E-state index in [4.69, 9.17) is 10.3 Å². The highest BCUT2D eigenvalue weighted by Gasteiger charge is 2.30. The number of oxazole rings is 1. The molecule has 1 aromatic heterocycles. The molecular formula is C18H14F3N3O3. The number of rotatable bonds is 4. The number of nitrogens with zero attached hydrogens (tertiary/aromatic N) is 2. The lowest BCUT2D eigenvalue weighted by Gasteiger charge is -2.15. The van der Waals surface area contributed by atoms with Crippen molar-refractivity contribution in [2.24, 2.45) is 5.84 Å². The van der Waals surface area contributed by atoms with Crippen molar-refractivity contribution in [3.05, 3.63) is 65.5 Å². The second-order valence-corrected chi connectivity index (χ2v) is 5.80. The van der Waals surface area contributed by atoms with Gasteiger partial charge in [0.25, 0.3) is 5.91 Å². The molecule has 2 amide bonds. The van der Waals surface area contributed by atoms with Crippen LogP contribution in [0, 0.1) is 0 Å². The van der Waals surface area contributed by atoms with Crippen LogP contribution in [0.1, 0.15) is 27.9 Å². The summed E-state index contributed by atoms with van der Waals surface area (Å²) in [6.07, 6.45) is -3.44. The molecule has 0 saturated carbocycles. The monoisotopic (exact) mass is 377 g/mol. The summed E-state index contributed by atoms with van der Waals surface area (Å²) in [6.45, 7) is 0. The number of aryl methyl sites for hydroxylation is 1. The average Bonchev–Trinajstić information content (AvgIpc) is 3.12. The Morgan fingerprint density at radius 2 is 1.93 bits per heavy atom. The van der Waals surface area contributed by atoms with E-state index >= 15 is 0 Å². The summed E-state index contributed by atoms with van der Waals surface area (Å²) in [7, 11) is 0. The number of imide groups is 1. The van der Waals surface area contributed by atoms with Gasteiger partial charge < -0.3 is 4.42 Å². The third kappa shape index (κ3) is 4.14. The van der Waals surface area contributed by atoms with E-state index in [2.05, 4.69) is 4.98 Å². The quantitative estimate of drug-likeness (QED) is 0.428. The van der Waals surface area contributed by atoms with Gasteiger partial charge >= 0.3 is 6.18 Å². The molecule has 0 fully saturated rings. The summed E-state index contributed by atoms with van der Waals surface area (Å²) in [6, 6.07) is 9.06. The lowest BCUT2D eigenvalue weighted by atomic mass is 10.1. The fraction of sp³-hybridized carbons (Fsp3) is 0.167. The topological polar surface area (TPSA) is 89.4 Å². The molecule has 0 saturated heterocycles. The molecule has 0 aliphatic rings. The number of hydrazine groups is 1. The third-order valence-corrected chi connectivity index (χ3v) is 3.95. The van der Waals surface area contributed by atoms with Gasteiger partial charge in [-0.2, -0.15) is 13.2 Å². The lowest BCUT2D eigenvalue weighted by molar-refractivity contribution is -0.137. The van der Waals surface area contributed by atoms with E-state index in [9.17, 15) is 22.8 Å². The fourth-order valence-electron chi connectivity index (χ4n) is 2.52. The van der Waals surface area contributed by atoms with Gasteiger partial charge in [-0.15, -0.1) is 0 Å². The molecule has 0 aliphatic carbocycles. The summed E-state index contributed by atoms with van der Waals surface area (Å²) in [5.74, 6) is 4.12. The number of nitrogens with two attached hydrogens (primary N) is 1. The largest absolute Gasteiger partial charge is 0.443 e. The van der Waals surface area contributed by atoms with Crippen LogP contribution < -0.4 is 5.84 Å². The Labute approximate surface area is 151 Å². The van der Waals surface area contributed by atoms with Crippen LogP contribution in [-0.2, 0) is 17.4 Å². The van der Waals surface area contributed by atoms with Gasteiger partial charge in [0.15, 0.2) is 12.0 Å². The molecular weight excluding hydrogens is 363 g/mol. The second-order valence-electron chi connectivity index (χ2n) is 5.80. The average molecular weight is 377 g/mol. The van der Waals surface area contributed by atoms with Crippen molar-refractivity contribution in [1.82, 2.24) is 9.99 Å². The Kier molecular flexibility index (Phi) is 4.95. The number of fused-ring (bicyclic) bond motifs is 1. The van der Waals surface area contributed by atoms with Gasteiger partial charge in [0.2, 0.25) is 5.91 Å². The number of halogens is 3. The predicted molar refractivity (Wildman–Crippen MR) is 89.1 cm³/mol. The van der Waals surface area contributed by atoms with Crippen molar-refractivity contribution in [3.63, 3.8) is 0 Å². The van der Waals surface area contributed by atoms with Crippen molar-refractivity contribution in [1.29, 1.82) is 0 Å². The molecule has 6 nitrogen and oxygen atoms in total. The molecule has 3 aromatic rings. The Balaban J connectivity index is 1.66. The first kappa shape index (κ1) is 18.6. The van der Waals surface area contributed by atoms with Crippen LogP contribution in [0.4, 0.5) is 13.2 Å². The van der Waals surface area contributed by atoms with Gasteiger partial charge in [-0.25, -0.2) is 15.8 Å². The van der Waals surface area contributed by atoms with E-state index < -0.39 is 23.6 Å². The second kappa shape index (κ2) is 7.20. The van der Waals surface area contributed by atoms with Crippen molar-refractivity contribution in [2.75, 3.05) is 0 Å². The van der Waals surface area contributed by atoms with Crippen LogP contribution in [0.2, 0.25) is 0 Å². The highest BCUT2D eigenvalue weighted by molar-refractivity contribution is 6.05. The van der Waals surface area contributed by atoms with Gasteiger partial charge in [0.1, 0.15) is 5.52 Å². The molecule has 0 aliphatic heterocycles. The highest BCUT2D eigenvalue weighted by atomic mass is 19.4. The number of hydrogen-bond donors (Lipinski definition) is 1. The summed E-state index contributed by atoms with van der Waals surface area (Å²) in [5.41, 5.74) is 0.571. The Morgan fingerprint density at radius 1 is 1.15 bits per heavy atom. The number of benzene rings is 2. The summed E-state index contributed by atoms with van der Waals surface area (Å²) >= 11 is 0. The Morgan fingerprint density at radius 3 is 2.67 bits per heavy atom. The molecule has 0 bridgehead atoms. The standard InChI is InChI=1S/C18H14F3N3O3/c19-18(20,21)13-3-1-2-11(8-13)4-7-16(25)24(22)17(26)12-5-6-14-15(9-12)27-10-23-14/h1-3,5-6,8-10H,4,7,22H2. The Bertz CT molecular complexity index is 998. The van der Waals surface area contributed by atoms with Crippen LogP contribution in [0.15, 0.2) is 53.3 Å². The molecule has 9 heteroatoms. The minimum Gasteiger partial charge on any atom is -0.443 e. The molecule has 2 N–H and O–H groups in total. The van der Waals surface area contributed by atoms with E-state index in [1.807, 2.05) is 0 Å². The zero-order chi connectivity index (χ0) is 19.6. The maximum absolute atomic E-state index is 12.7. The van der Waals surface area contributed by atoms with Crippen LogP contribution in [0.25, 0.3) is 11.1 Å². The minimum atomic E-state index is -4.46. The molecule has 0 unspecified atom stereocenters. The van der Waals surface area contributed by atoms with E-state index in [0.29, 0.717) is 21.7 Å². The molecule has 27 heavy (non-hydrogen) atoms. The van der Waals surface area contributed by atoms with Crippen molar-refractivity contribution in [2.45, 2.75) is 19.0 Å². The number of hydrogen-bond acceptors (Lipinski definition) is 5. The highest BCUT2D eigenvalue weighted by Crippen LogP contribution is 2.29. The van der Waals surface area contributed by atoms with Crippen LogP contribution >= 0.6 is 0 Å². The number of carbonyl (C=O) groups is 2. The number of alkyl halides is 3. The fourth-order valence-corrected chi connectivity index (χ4v) is 2.52. The van der Waals surface area contributed by atoms with Crippen molar-refractivity contribution >= 4 is 22.9 Å². The molecule has 0 atom stereocenters. The molecule has 0 spiro atoms. The normalized spacial score (nSPS) is 11.6. The smallest absolute Gasteiger partial charge is 0.416 e.